The first kappa shape index (κ1) is 34.0. The van der Waals surface area contributed by atoms with Crippen molar-refractivity contribution in [2.75, 3.05) is 13.2 Å². The summed E-state index contributed by atoms with van der Waals surface area (Å²) in [6.45, 7) is 12.3. The van der Waals surface area contributed by atoms with Crippen LogP contribution in [0.15, 0.2) is 51.8 Å². The van der Waals surface area contributed by atoms with E-state index in [2.05, 4.69) is 21.2 Å². The zero-order chi connectivity index (χ0) is 31.0. The number of amides is 2. The number of hydrogen-bond donors (Lipinski definition) is 2. The van der Waals surface area contributed by atoms with E-state index < -0.39 is 33.5 Å². The number of halogens is 1. The Kier molecular flexibility index (Phi) is 11.7. The molecule has 0 heterocycles. The Labute approximate surface area is 250 Å². The van der Waals surface area contributed by atoms with Gasteiger partial charge in [0, 0.05) is 6.42 Å². The van der Waals surface area contributed by atoms with Crippen LogP contribution >= 0.6 is 15.9 Å². The van der Waals surface area contributed by atoms with Crippen LogP contribution in [-0.2, 0) is 30.3 Å². The van der Waals surface area contributed by atoms with Crippen LogP contribution in [0.1, 0.15) is 59.1 Å². The Hall–Kier alpha value is -3.16. The van der Waals surface area contributed by atoms with Crippen LogP contribution in [0.2, 0.25) is 0 Å². The number of alkyl carbamates (subject to hydrolysis) is 1. The third-order valence-electron chi connectivity index (χ3n) is 4.97. The summed E-state index contributed by atoms with van der Waals surface area (Å²) in [5.74, 6) is 0.244. The van der Waals surface area contributed by atoms with Crippen LogP contribution < -0.4 is 15.5 Å². The number of carbonyl (C=O) groups excluding carboxylic acids is 2. The monoisotopic (exact) mass is 656 g/mol. The fourth-order valence-electron chi connectivity index (χ4n) is 3.17. The highest BCUT2D eigenvalue weighted by Crippen LogP contribution is 2.27. The predicted octanol–water partition coefficient (Wildman–Crippen LogP) is 4.31. The van der Waals surface area contributed by atoms with E-state index in [4.69, 9.17) is 23.8 Å². The molecule has 0 aliphatic rings. The second-order valence-electron chi connectivity index (χ2n) is 11.1. The molecular weight excluding hydrogens is 618 g/mol. The van der Waals surface area contributed by atoms with Gasteiger partial charge in [-0.25, -0.2) is 9.59 Å². The molecule has 0 spiro atoms. The zero-order valence-electron chi connectivity index (χ0n) is 24.4. The summed E-state index contributed by atoms with van der Waals surface area (Å²) in [5.41, 5.74) is 0.0360. The van der Waals surface area contributed by atoms with Crippen molar-refractivity contribution >= 4 is 44.2 Å². The second-order valence-corrected chi connectivity index (χ2v) is 13.6. The highest BCUT2D eigenvalue weighted by molar-refractivity contribution is 9.10. The molecule has 2 amide bonds. The maximum Gasteiger partial charge on any atom is 0.479 e. The SMILES string of the molecule is Cc1ccc(S(=O)(=O)OCCCOc2ccc(CN(C(=[NH2+])NC(=O)OC(C)(C)C)C(=O)OC(C)(C)C)cc2Br)cc1. The molecule has 0 bridgehead atoms. The van der Waals surface area contributed by atoms with Crippen LogP contribution in [-0.4, -0.2) is 55.9 Å². The molecule has 0 saturated carbocycles. The molecule has 0 atom stereocenters. The lowest BCUT2D eigenvalue weighted by Gasteiger charge is -2.24. The van der Waals surface area contributed by atoms with Gasteiger partial charge in [0.15, 0.2) is 0 Å². The van der Waals surface area contributed by atoms with Gasteiger partial charge in [-0.2, -0.15) is 18.6 Å². The molecule has 0 fully saturated rings. The number of benzene rings is 2. The smallest absolute Gasteiger partial charge is 0.479 e. The molecule has 2 rings (SSSR count). The number of nitrogens with one attached hydrogen (secondary N) is 1. The molecule has 13 heteroatoms. The number of aryl methyl sites for hydroxylation is 1. The van der Waals surface area contributed by atoms with E-state index >= 15 is 0 Å². The number of carbonyl (C=O) groups is 2. The summed E-state index contributed by atoms with van der Waals surface area (Å²) < 4.78 is 46.7. The first-order valence-electron chi connectivity index (χ1n) is 12.9. The number of ether oxygens (including phenoxy) is 3. The summed E-state index contributed by atoms with van der Waals surface area (Å²) >= 11 is 3.46. The van der Waals surface area contributed by atoms with Gasteiger partial charge in [-0.1, -0.05) is 23.8 Å². The predicted molar refractivity (Wildman–Crippen MR) is 157 cm³/mol. The van der Waals surface area contributed by atoms with Crippen molar-refractivity contribution in [2.45, 2.75) is 77.5 Å². The topological polar surface area (TPSA) is 146 Å². The standard InChI is InChI=1S/C28H38BrN3O8S/c1-19-9-12-21(13-10-19)41(35,36)38-16-8-15-37-23-14-11-20(17-22(23)29)18-32(26(34)40-28(5,6)7)24(30)31-25(33)39-27(2,3)4/h9-14,17H,8,15-16,18H2,1-7H3,(H2,30,31,33)/p+1. The lowest BCUT2D eigenvalue weighted by Crippen LogP contribution is -2.62. The minimum absolute atomic E-state index is 0.0276. The van der Waals surface area contributed by atoms with E-state index in [0.29, 0.717) is 22.2 Å². The Bertz CT molecular complexity index is 1330. The molecule has 0 saturated heterocycles. The molecule has 226 valence electrons. The molecule has 11 nitrogen and oxygen atoms in total. The maximum atomic E-state index is 12.9. The molecule has 0 radical (unpaired) electrons. The van der Waals surface area contributed by atoms with E-state index in [1.165, 1.54) is 12.1 Å². The summed E-state index contributed by atoms with van der Waals surface area (Å²) in [6.07, 6.45) is -1.25. The van der Waals surface area contributed by atoms with Crippen molar-refractivity contribution in [1.82, 2.24) is 10.2 Å². The minimum atomic E-state index is -3.84. The number of hydrogen-bond acceptors (Lipinski definition) is 8. The van der Waals surface area contributed by atoms with Crippen molar-refractivity contribution in [1.29, 1.82) is 0 Å². The highest BCUT2D eigenvalue weighted by atomic mass is 79.9. The number of guanidine groups is 1. The molecule has 0 aliphatic carbocycles. The number of rotatable bonds is 9. The molecule has 2 aromatic rings. The van der Waals surface area contributed by atoms with Gasteiger partial charge in [-0.3, -0.25) is 9.59 Å². The second kappa shape index (κ2) is 14.1. The van der Waals surface area contributed by atoms with Gasteiger partial charge >= 0.3 is 18.1 Å². The van der Waals surface area contributed by atoms with E-state index in [1.54, 1.807) is 71.9 Å². The van der Waals surface area contributed by atoms with Crippen LogP contribution in [0.25, 0.3) is 0 Å². The van der Waals surface area contributed by atoms with Crippen LogP contribution in [0.5, 0.6) is 5.75 Å². The van der Waals surface area contributed by atoms with E-state index in [-0.39, 0.29) is 30.6 Å². The van der Waals surface area contributed by atoms with Gasteiger partial charge in [-0.15, -0.1) is 0 Å². The van der Waals surface area contributed by atoms with Gasteiger partial charge < -0.3 is 14.2 Å². The van der Waals surface area contributed by atoms with Crippen molar-refractivity contribution in [2.24, 2.45) is 0 Å². The van der Waals surface area contributed by atoms with E-state index in [1.807, 2.05) is 6.92 Å². The highest BCUT2D eigenvalue weighted by Gasteiger charge is 2.33. The maximum absolute atomic E-state index is 12.9. The Balaban J connectivity index is 2.00. The van der Waals surface area contributed by atoms with Crippen LogP contribution in [0, 0.1) is 6.92 Å². The minimum Gasteiger partial charge on any atom is -0.492 e. The fourth-order valence-corrected chi connectivity index (χ4v) is 4.65. The quantitative estimate of drug-likeness (QED) is 0.176. The summed E-state index contributed by atoms with van der Waals surface area (Å²) in [5, 5.41) is 8.46. The normalized spacial score (nSPS) is 11.9. The summed E-state index contributed by atoms with van der Waals surface area (Å²) in [7, 11) is -3.84. The molecule has 0 aliphatic heterocycles. The Morgan fingerprint density at radius 3 is 2.12 bits per heavy atom. The average Bonchev–Trinajstić information content (AvgIpc) is 2.81. The molecule has 41 heavy (non-hydrogen) atoms. The fraction of sp³-hybridized carbons (Fsp3) is 0.464. The van der Waals surface area contributed by atoms with Crippen LogP contribution in [0.3, 0.4) is 0 Å². The van der Waals surface area contributed by atoms with Crippen molar-refractivity contribution in [3.05, 3.63) is 58.1 Å². The first-order chi connectivity index (χ1) is 18.9. The number of nitrogens with zero attached hydrogens (tertiary/aromatic N) is 1. The first-order valence-corrected chi connectivity index (χ1v) is 15.1. The molecule has 2 aromatic carbocycles. The van der Waals surface area contributed by atoms with E-state index in [9.17, 15) is 18.0 Å². The molecule has 0 aromatic heterocycles. The van der Waals surface area contributed by atoms with Crippen LogP contribution in [0.4, 0.5) is 9.59 Å². The zero-order valence-corrected chi connectivity index (χ0v) is 26.8. The van der Waals surface area contributed by atoms with Crippen molar-refractivity contribution < 1.29 is 41.8 Å². The molecular formula is C28H39BrN3O8S+. The summed E-state index contributed by atoms with van der Waals surface area (Å²) in [4.78, 5) is 26.3. The summed E-state index contributed by atoms with van der Waals surface area (Å²) in [6, 6.07) is 11.6. The Morgan fingerprint density at radius 2 is 1.56 bits per heavy atom. The third-order valence-corrected chi connectivity index (χ3v) is 6.91. The third kappa shape index (κ3) is 12.1. The van der Waals surface area contributed by atoms with Gasteiger partial charge in [0.25, 0.3) is 10.1 Å². The van der Waals surface area contributed by atoms with E-state index in [0.717, 1.165) is 10.5 Å². The van der Waals surface area contributed by atoms with Gasteiger partial charge in [0.2, 0.25) is 0 Å². The average molecular weight is 658 g/mol. The largest absolute Gasteiger partial charge is 0.492 e. The number of nitrogens with two attached hydrogens (primary N) is 1. The molecule has 0 unspecified atom stereocenters. The van der Waals surface area contributed by atoms with Crippen molar-refractivity contribution in [3.8, 4) is 5.75 Å². The lowest BCUT2D eigenvalue weighted by molar-refractivity contribution is -0.132. The Morgan fingerprint density at radius 1 is 0.951 bits per heavy atom. The molecule has 3 N–H and O–H groups in total. The van der Waals surface area contributed by atoms with Crippen molar-refractivity contribution in [3.63, 3.8) is 0 Å². The van der Waals surface area contributed by atoms with Gasteiger partial charge in [-0.05, 0) is 94.2 Å². The van der Waals surface area contributed by atoms with Gasteiger partial charge in [0.05, 0.1) is 22.6 Å². The lowest BCUT2D eigenvalue weighted by atomic mass is 10.2. The van der Waals surface area contributed by atoms with Gasteiger partial charge in [0.1, 0.15) is 23.5 Å².